The van der Waals surface area contributed by atoms with Crippen molar-refractivity contribution in [2.75, 3.05) is 5.73 Å². The van der Waals surface area contributed by atoms with Gasteiger partial charge in [-0.3, -0.25) is 0 Å². The van der Waals surface area contributed by atoms with Crippen molar-refractivity contribution in [2.24, 2.45) is 0 Å². The lowest BCUT2D eigenvalue weighted by Crippen LogP contribution is -1.96. The van der Waals surface area contributed by atoms with Crippen molar-refractivity contribution in [3.63, 3.8) is 0 Å². The van der Waals surface area contributed by atoms with Crippen LogP contribution in [-0.4, -0.2) is 4.98 Å². The van der Waals surface area contributed by atoms with Crippen LogP contribution in [0.25, 0.3) is 0 Å². The maximum Gasteiger partial charge on any atom is 0.156 e. The number of halogens is 3. The lowest BCUT2D eigenvalue weighted by Gasteiger charge is -1.99. The SMILES string of the molecule is Nc1c(Br)ncc(F)c1I. The highest BCUT2D eigenvalue weighted by atomic mass is 127. The Hall–Kier alpha value is 0.0900. The number of nitrogens with zero attached hydrogens (tertiary/aromatic N) is 1. The number of anilines is 1. The van der Waals surface area contributed by atoms with Crippen LogP contribution in [0, 0.1) is 9.39 Å². The molecule has 0 spiro atoms. The molecule has 2 N–H and O–H groups in total. The van der Waals surface area contributed by atoms with Crippen molar-refractivity contribution < 1.29 is 4.39 Å². The van der Waals surface area contributed by atoms with E-state index in [1.165, 1.54) is 0 Å². The predicted molar refractivity (Wildman–Crippen MR) is 49.0 cm³/mol. The third kappa shape index (κ3) is 1.39. The topological polar surface area (TPSA) is 38.9 Å². The van der Waals surface area contributed by atoms with Crippen LogP contribution in [0.1, 0.15) is 0 Å². The van der Waals surface area contributed by atoms with Gasteiger partial charge in [-0.1, -0.05) is 0 Å². The zero-order chi connectivity index (χ0) is 7.72. The first-order chi connectivity index (χ1) is 4.63. The largest absolute Gasteiger partial charge is 0.396 e. The molecule has 0 saturated heterocycles. The maximum atomic E-state index is 12.6. The van der Waals surface area contributed by atoms with Gasteiger partial charge in [0.15, 0.2) is 5.82 Å². The van der Waals surface area contributed by atoms with E-state index in [4.69, 9.17) is 5.73 Å². The lowest BCUT2D eigenvalue weighted by atomic mass is 10.4. The third-order valence-corrected chi connectivity index (χ3v) is 2.69. The van der Waals surface area contributed by atoms with Gasteiger partial charge in [0, 0.05) is 0 Å². The number of pyridine rings is 1. The zero-order valence-corrected chi connectivity index (χ0v) is 8.48. The number of nitrogens with two attached hydrogens (primary N) is 1. The molecule has 0 amide bonds. The molecule has 0 aliphatic carbocycles. The van der Waals surface area contributed by atoms with E-state index in [9.17, 15) is 4.39 Å². The smallest absolute Gasteiger partial charge is 0.156 e. The molecule has 0 atom stereocenters. The number of nitrogen functional groups attached to an aromatic ring is 1. The predicted octanol–water partition coefficient (Wildman–Crippen LogP) is 2.17. The third-order valence-electron chi connectivity index (χ3n) is 0.960. The quantitative estimate of drug-likeness (QED) is 0.588. The van der Waals surface area contributed by atoms with Crippen LogP contribution in [-0.2, 0) is 0 Å². The number of rotatable bonds is 0. The molecule has 0 saturated carbocycles. The van der Waals surface area contributed by atoms with Gasteiger partial charge in [-0.25, -0.2) is 9.37 Å². The summed E-state index contributed by atoms with van der Waals surface area (Å²) in [7, 11) is 0. The Kier molecular flexibility index (Phi) is 2.45. The summed E-state index contributed by atoms with van der Waals surface area (Å²) in [6, 6.07) is 0. The minimum atomic E-state index is -0.388. The summed E-state index contributed by atoms with van der Waals surface area (Å²) in [5.41, 5.74) is 5.77. The summed E-state index contributed by atoms with van der Waals surface area (Å²) in [5, 5.41) is 0. The summed E-state index contributed by atoms with van der Waals surface area (Å²) < 4.78 is 13.5. The standard InChI is InChI=1S/C5H3BrFIN2/c6-5-4(9)3(8)2(7)1-10-5/h1H,9H2. The first kappa shape index (κ1) is 8.19. The average molecular weight is 317 g/mol. The van der Waals surface area contributed by atoms with Crippen LogP contribution >= 0.6 is 38.5 Å². The van der Waals surface area contributed by atoms with Crippen molar-refractivity contribution in [1.29, 1.82) is 0 Å². The lowest BCUT2D eigenvalue weighted by molar-refractivity contribution is 0.614. The Morgan fingerprint density at radius 3 is 2.80 bits per heavy atom. The Bertz CT molecular complexity index is 239. The number of hydrogen-bond donors (Lipinski definition) is 1. The van der Waals surface area contributed by atoms with Gasteiger partial charge in [0.05, 0.1) is 15.5 Å². The molecule has 0 aromatic carbocycles. The van der Waals surface area contributed by atoms with Crippen LogP contribution in [0.4, 0.5) is 10.1 Å². The van der Waals surface area contributed by atoms with E-state index in [-0.39, 0.29) is 5.82 Å². The molecule has 1 aromatic heterocycles. The van der Waals surface area contributed by atoms with Crippen LogP contribution in [0.15, 0.2) is 10.8 Å². The second kappa shape index (κ2) is 3.00. The van der Waals surface area contributed by atoms with Crippen molar-refractivity contribution in [2.45, 2.75) is 0 Å². The number of aromatic nitrogens is 1. The van der Waals surface area contributed by atoms with Crippen LogP contribution in [0.3, 0.4) is 0 Å². The fourth-order valence-electron chi connectivity index (χ4n) is 0.459. The minimum Gasteiger partial charge on any atom is -0.396 e. The molecule has 54 valence electrons. The number of hydrogen-bond acceptors (Lipinski definition) is 2. The molecular weight excluding hydrogens is 314 g/mol. The average Bonchev–Trinajstić information content (AvgIpc) is 1.93. The molecular formula is C5H3BrFIN2. The van der Waals surface area contributed by atoms with Crippen molar-refractivity contribution in [3.05, 3.63) is 20.2 Å². The maximum absolute atomic E-state index is 12.6. The van der Waals surface area contributed by atoms with Crippen LogP contribution in [0.5, 0.6) is 0 Å². The summed E-state index contributed by atoms with van der Waals surface area (Å²) in [6.45, 7) is 0. The van der Waals surface area contributed by atoms with E-state index in [0.717, 1.165) is 6.20 Å². The zero-order valence-electron chi connectivity index (χ0n) is 4.74. The summed E-state index contributed by atoms with van der Waals surface area (Å²) in [5.74, 6) is -0.388. The van der Waals surface area contributed by atoms with Crippen LogP contribution in [0.2, 0.25) is 0 Å². The summed E-state index contributed by atoms with van der Waals surface area (Å²) in [4.78, 5) is 3.65. The van der Waals surface area contributed by atoms with E-state index < -0.39 is 0 Å². The van der Waals surface area contributed by atoms with Gasteiger partial charge >= 0.3 is 0 Å². The normalized spacial score (nSPS) is 9.90. The Morgan fingerprint density at radius 1 is 1.70 bits per heavy atom. The van der Waals surface area contributed by atoms with E-state index in [0.29, 0.717) is 13.9 Å². The Morgan fingerprint density at radius 2 is 2.30 bits per heavy atom. The molecule has 1 heterocycles. The fraction of sp³-hybridized carbons (Fsp3) is 0. The monoisotopic (exact) mass is 316 g/mol. The highest BCUT2D eigenvalue weighted by Crippen LogP contribution is 2.23. The second-order valence-electron chi connectivity index (χ2n) is 1.62. The molecule has 0 bridgehead atoms. The fourth-order valence-corrected chi connectivity index (χ4v) is 1.52. The molecule has 1 rings (SSSR count). The Balaban J connectivity index is 3.34. The van der Waals surface area contributed by atoms with E-state index in [2.05, 4.69) is 20.9 Å². The van der Waals surface area contributed by atoms with Gasteiger partial charge < -0.3 is 5.73 Å². The van der Waals surface area contributed by atoms with Gasteiger partial charge in [0.2, 0.25) is 0 Å². The van der Waals surface area contributed by atoms with Gasteiger partial charge in [0.1, 0.15) is 4.60 Å². The molecule has 10 heavy (non-hydrogen) atoms. The molecule has 0 aliphatic rings. The van der Waals surface area contributed by atoms with E-state index >= 15 is 0 Å². The van der Waals surface area contributed by atoms with Crippen LogP contribution < -0.4 is 5.73 Å². The highest BCUT2D eigenvalue weighted by Gasteiger charge is 2.06. The van der Waals surface area contributed by atoms with Gasteiger partial charge in [-0.2, -0.15) is 0 Å². The van der Waals surface area contributed by atoms with Crippen molar-refractivity contribution >= 4 is 44.2 Å². The van der Waals surface area contributed by atoms with Gasteiger partial charge in [0.25, 0.3) is 0 Å². The molecule has 0 radical (unpaired) electrons. The van der Waals surface area contributed by atoms with Crippen molar-refractivity contribution in [3.8, 4) is 0 Å². The molecule has 1 aromatic rings. The minimum absolute atomic E-state index is 0.348. The van der Waals surface area contributed by atoms with Crippen molar-refractivity contribution in [1.82, 2.24) is 4.98 Å². The second-order valence-corrected chi connectivity index (χ2v) is 3.45. The highest BCUT2D eigenvalue weighted by molar-refractivity contribution is 14.1. The summed E-state index contributed by atoms with van der Waals surface area (Å²) >= 11 is 4.90. The first-order valence-electron chi connectivity index (χ1n) is 2.38. The first-order valence-corrected chi connectivity index (χ1v) is 4.25. The molecule has 0 unspecified atom stereocenters. The molecule has 0 fully saturated rings. The molecule has 0 aliphatic heterocycles. The van der Waals surface area contributed by atoms with E-state index in [1.54, 1.807) is 0 Å². The summed E-state index contributed by atoms with van der Waals surface area (Å²) in [6.07, 6.45) is 1.13. The van der Waals surface area contributed by atoms with E-state index in [1.807, 2.05) is 22.6 Å². The Labute approximate surface area is 79.3 Å². The van der Waals surface area contributed by atoms with Gasteiger partial charge in [-0.15, -0.1) is 0 Å². The molecule has 5 heteroatoms. The van der Waals surface area contributed by atoms with Gasteiger partial charge in [-0.05, 0) is 38.5 Å². The molecule has 2 nitrogen and oxygen atoms in total.